The first-order valence-electron chi connectivity index (χ1n) is 9.18. The number of fused-ring (bicyclic) bond motifs is 1. The topological polar surface area (TPSA) is 78.5 Å². The van der Waals surface area contributed by atoms with Gasteiger partial charge in [0.05, 0.1) is 12.0 Å². The summed E-state index contributed by atoms with van der Waals surface area (Å²) in [6.45, 7) is 1.00. The minimum Gasteiger partial charge on any atom is -0.486 e. The van der Waals surface area contributed by atoms with Crippen LogP contribution in [0.4, 0.5) is 5.69 Å². The van der Waals surface area contributed by atoms with Crippen molar-refractivity contribution in [3.8, 4) is 28.6 Å². The molecule has 3 heterocycles. The van der Waals surface area contributed by atoms with Crippen LogP contribution in [0.2, 0.25) is 0 Å². The molecule has 1 N–H and O–H groups in total. The highest BCUT2D eigenvalue weighted by molar-refractivity contribution is 6.04. The predicted molar refractivity (Wildman–Crippen MR) is 107 cm³/mol. The molecule has 0 unspecified atom stereocenters. The molecule has 0 radical (unpaired) electrons. The van der Waals surface area contributed by atoms with Gasteiger partial charge >= 0.3 is 0 Å². The van der Waals surface area contributed by atoms with E-state index in [4.69, 9.17) is 13.9 Å². The molecule has 0 bridgehead atoms. The number of carbonyl (C=O) groups is 1. The van der Waals surface area contributed by atoms with Crippen LogP contribution in [0.3, 0.4) is 0 Å². The lowest BCUT2D eigenvalue weighted by Gasteiger charge is -2.19. The third-order valence-corrected chi connectivity index (χ3v) is 4.52. The zero-order valence-electron chi connectivity index (χ0n) is 15.4. The number of ether oxygens (including phenoxy) is 2. The fraction of sp³-hybridized carbons (Fsp3) is 0.0909. The summed E-state index contributed by atoms with van der Waals surface area (Å²) in [5, 5.41) is 7.48. The summed E-state index contributed by atoms with van der Waals surface area (Å²) in [7, 11) is 0. The Kier molecular flexibility index (Phi) is 4.25. The van der Waals surface area contributed by atoms with Crippen LogP contribution in [0.15, 0.2) is 77.4 Å². The summed E-state index contributed by atoms with van der Waals surface area (Å²) in [6.07, 6.45) is 1.58. The minimum atomic E-state index is -0.296. The standard InChI is InChI=1S/C22H17N3O4/c26-22(23-15-8-9-20-21(13-15)29-12-11-28-20)18-14-17(19-7-4-10-27-19)24-25(18)16-5-2-1-3-6-16/h1-10,13-14H,11-12H2,(H,23,26). The highest BCUT2D eigenvalue weighted by Gasteiger charge is 2.20. The monoisotopic (exact) mass is 387 g/mol. The van der Waals surface area contributed by atoms with E-state index in [1.165, 1.54) is 0 Å². The van der Waals surface area contributed by atoms with Crippen LogP contribution in [0, 0.1) is 0 Å². The normalized spacial score (nSPS) is 12.6. The van der Waals surface area contributed by atoms with Gasteiger partial charge in [0.2, 0.25) is 0 Å². The van der Waals surface area contributed by atoms with Crippen molar-refractivity contribution in [1.82, 2.24) is 9.78 Å². The van der Waals surface area contributed by atoms with Crippen molar-refractivity contribution >= 4 is 11.6 Å². The van der Waals surface area contributed by atoms with Crippen molar-refractivity contribution in [2.75, 3.05) is 18.5 Å². The van der Waals surface area contributed by atoms with Gasteiger partial charge in [0.15, 0.2) is 17.3 Å². The SMILES string of the molecule is O=C(Nc1ccc2c(c1)OCCO2)c1cc(-c2ccco2)nn1-c1ccccc1. The second-order valence-electron chi connectivity index (χ2n) is 6.45. The average Bonchev–Trinajstić information content (AvgIpc) is 3.44. The number of amides is 1. The fourth-order valence-electron chi connectivity index (χ4n) is 3.17. The zero-order valence-corrected chi connectivity index (χ0v) is 15.4. The van der Waals surface area contributed by atoms with Crippen LogP contribution in [0.25, 0.3) is 17.1 Å². The van der Waals surface area contributed by atoms with E-state index in [2.05, 4.69) is 10.4 Å². The van der Waals surface area contributed by atoms with E-state index in [-0.39, 0.29) is 5.91 Å². The van der Waals surface area contributed by atoms with E-state index >= 15 is 0 Å². The molecule has 0 fully saturated rings. The summed E-state index contributed by atoms with van der Waals surface area (Å²) in [5.74, 6) is 1.58. The van der Waals surface area contributed by atoms with Crippen molar-refractivity contribution in [3.63, 3.8) is 0 Å². The van der Waals surface area contributed by atoms with Crippen LogP contribution in [0.1, 0.15) is 10.5 Å². The Bertz CT molecular complexity index is 1150. The number of hydrogen-bond acceptors (Lipinski definition) is 5. The van der Waals surface area contributed by atoms with E-state index in [0.29, 0.717) is 47.5 Å². The smallest absolute Gasteiger partial charge is 0.274 e. The van der Waals surface area contributed by atoms with Gasteiger partial charge in [-0.1, -0.05) is 18.2 Å². The van der Waals surface area contributed by atoms with Crippen molar-refractivity contribution in [1.29, 1.82) is 0 Å². The molecule has 29 heavy (non-hydrogen) atoms. The molecule has 0 saturated carbocycles. The number of carbonyl (C=O) groups excluding carboxylic acids is 1. The van der Waals surface area contributed by atoms with Gasteiger partial charge in [0.25, 0.3) is 5.91 Å². The first kappa shape index (κ1) is 17.1. The maximum Gasteiger partial charge on any atom is 0.274 e. The van der Waals surface area contributed by atoms with E-state index in [1.807, 2.05) is 30.3 Å². The first-order valence-corrected chi connectivity index (χ1v) is 9.18. The highest BCUT2D eigenvalue weighted by atomic mass is 16.6. The van der Waals surface area contributed by atoms with Crippen LogP contribution in [0.5, 0.6) is 11.5 Å². The molecule has 7 nitrogen and oxygen atoms in total. The van der Waals surface area contributed by atoms with Gasteiger partial charge in [-0.3, -0.25) is 4.79 Å². The summed E-state index contributed by atoms with van der Waals surface area (Å²) >= 11 is 0. The molecule has 1 amide bonds. The summed E-state index contributed by atoms with van der Waals surface area (Å²) in [5.41, 5.74) is 2.35. The number of nitrogens with one attached hydrogen (secondary N) is 1. The van der Waals surface area contributed by atoms with Gasteiger partial charge in [-0.15, -0.1) is 0 Å². The summed E-state index contributed by atoms with van der Waals surface area (Å²) in [6, 6.07) is 20.1. The quantitative estimate of drug-likeness (QED) is 0.569. The molecular weight excluding hydrogens is 370 g/mol. The molecule has 0 aliphatic carbocycles. The second kappa shape index (κ2) is 7.20. The fourth-order valence-corrected chi connectivity index (χ4v) is 3.17. The van der Waals surface area contributed by atoms with Gasteiger partial charge in [-0.25, -0.2) is 4.68 Å². The van der Waals surface area contributed by atoms with E-state index in [9.17, 15) is 4.79 Å². The van der Waals surface area contributed by atoms with Gasteiger partial charge in [-0.2, -0.15) is 5.10 Å². The van der Waals surface area contributed by atoms with E-state index in [0.717, 1.165) is 5.69 Å². The van der Waals surface area contributed by atoms with Gasteiger partial charge in [0.1, 0.15) is 24.6 Å². The van der Waals surface area contributed by atoms with Gasteiger partial charge in [-0.05, 0) is 36.4 Å². The highest BCUT2D eigenvalue weighted by Crippen LogP contribution is 2.33. The summed E-state index contributed by atoms with van der Waals surface area (Å²) in [4.78, 5) is 13.1. The van der Waals surface area contributed by atoms with Crippen LogP contribution in [-0.4, -0.2) is 28.9 Å². The van der Waals surface area contributed by atoms with Crippen molar-refractivity contribution in [3.05, 3.63) is 78.7 Å². The van der Waals surface area contributed by atoms with Gasteiger partial charge in [0, 0.05) is 17.8 Å². The van der Waals surface area contributed by atoms with Gasteiger partial charge < -0.3 is 19.2 Å². The maximum atomic E-state index is 13.1. The Morgan fingerprint density at radius 3 is 2.55 bits per heavy atom. The zero-order chi connectivity index (χ0) is 19.6. The number of anilines is 1. The number of nitrogens with zero attached hydrogens (tertiary/aromatic N) is 2. The Labute approximate surface area is 166 Å². The molecule has 5 rings (SSSR count). The Hall–Kier alpha value is -4.00. The van der Waals surface area contributed by atoms with Crippen molar-refractivity contribution < 1.29 is 18.7 Å². The molecule has 1 aliphatic rings. The number of hydrogen-bond donors (Lipinski definition) is 1. The molecule has 0 saturated heterocycles. The van der Waals surface area contributed by atoms with Crippen molar-refractivity contribution in [2.45, 2.75) is 0 Å². The molecule has 144 valence electrons. The molecular formula is C22H17N3O4. The molecule has 4 aromatic rings. The first-order chi connectivity index (χ1) is 14.3. The number of rotatable bonds is 4. The molecule has 7 heteroatoms. The van der Waals surface area contributed by atoms with Crippen LogP contribution in [-0.2, 0) is 0 Å². The minimum absolute atomic E-state index is 0.296. The Morgan fingerprint density at radius 1 is 0.931 bits per heavy atom. The Morgan fingerprint density at radius 2 is 1.76 bits per heavy atom. The van der Waals surface area contributed by atoms with E-state index < -0.39 is 0 Å². The van der Waals surface area contributed by atoms with Crippen LogP contribution < -0.4 is 14.8 Å². The third-order valence-electron chi connectivity index (χ3n) is 4.52. The van der Waals surface area contributed by atoms with E-state index in [1.54, 1.807) is 47.3 Å². The third kappa shape index (κ3) is 3.34. The predicted octanol–water partition coefficient (Wildman–Crippen LogP) is 4.16. The maximum absolute atomic E-state index is 13.1. The second-order valence-corrected chi connectivity index (χ2v) is 6.45. The summed E-state index contributed by atoms with van der Waals surface area (Å²) < 4.78 is 18.2. The number of aromatic nitrogens is 2. The lowest BCUT2D eigenvalue weighted by molar-refractivity contribution is 0.101. The molecule has 1 aliphatic heterocycles. The largest absolute Gasteiger partial charge is 0.486 e. The number of furan rings is 1. The lowest BCUT2D eigenvalue weighted by atomic mass is 10.2. The molecule has 0 atom stereocenters. The van der Waals surface area contributed by atoms with Crippen LogP contribution >= 0.6 is 0 Å². The number of benzene rings is 2. The molecule has 2 aromatic carbocycles. The number of para-hydroxylation sites is 1. The lowest BCUT2D eigenvalue weighted by Crippen LogP contribution is -2.18. The Balaban J connectivity index is 1.50. The van der Waals surface area contributed by atoms with Crippen molar-refractivity contribution in [2.24, 2.45) is 0 Å². The molecule has 2 aromatic heterocycles. The average molecular weight is 387 g/mol. The molecule has 0 spiro atoms.